The number of rotatable bonds is 2. The largest absolute Gasteiger partial charge is 0.368 e. The van der Waals surface area contributed by atoms with E-state index in [1.54, 1.807) is 0 Å². The number of hydrogen-bond acceptors (Lipinski definition) is 4. The average molecular weight is 279 g/mol. The second-order valence-electron chi connectivity index (χ2n) is 5.52. The molecule has 2 aliphatic rings. The Balaban J connectivity index is 1.82. The molecule has 0 aromatic heterocycles. The molecule has 0 radical (unpaired) electrons. The van der Waals surface area contributed by atoms with Crippen LogP contribution in [0.5, 0.6) is 0 Å². The molecule has 3 rings (SSSR count). The number of anilines is 1. The molecule has 0 N–H and O–H groups in total. The summed E-state index contributed by atoms with van der Waals surface area (Å²) >= 11 is 0. The molecule has 0 saturated carbocycles. The van der Waals surface area contributed by atoms with Crippen LogP contribution in [0.2, 0.25) is 0 Å². The molecule has 20 heavy (non-hydrogen) atoms. The van der Waals surface area contributed by atoms with Crippen molar-refractivity contribution in [3.8, 4) is 0 Å². The quantitative estimate of drug-likeness (QED) is 0.616. The van der Waals surface area contributed by atoms with E-state index in [1.165, 1.54) is 18.6 Å². The van der Waals surface area contributed by atoms with Crippen molar-refractivity contribution in [2.24, 2.45) is 0 Å². The maximum absolute atomic E-state index is 14.1. The third-order valence-corrected chi connectivity index (χ3v) is 4.29. The van der Waals surface area contributed by atoms with E-state index in [2.05, 4.69) is 4.90 Å². The number of fused-ring (bicyclic) bond motifs is 1. The maximum atomic E-state index is 14.1. The second-order valence-corrected chi connectivity index (χ2v) is 5.52. The summed E-state index contributed by atoms with van der Waals surface area (Å²) in [6.07, 6.45) is 3.37. The average Bonchev–Trinajstić information content (AvgIpc) is 2.76. The van der Waals surface area contributed by atoms with Gasteiger partial charge in [0.05, 0.1) is 16.7 Å². The molecule has 0 bridgehead atoms. The van der Waals surface area contributed by atoms with Crippen molar-refractivity contribution < 1.29 is 9.31 Å². The Labute approximate surface area is 117 Å². The van der Waals surface area contributed by atoms with Crippen molar-refractivity contribution in [1.82, 2.24) is 4.90 Å². The molecule has 108 valence electrons. The number of non-ortho nitro benzene ring substituents is 1. The van der Waals surface area contributed by atoms with Crippen LogP contribution < -0.4 is 4.90 Å². The SMILES string of the molecule is O=[N+]([O-])c1ccc(N2CCCN3CCCC3C2)c(F)c1. The number of nitro benzene ring substituents is 1. The highest BCUT2D eigenvalue weighted by Crippen LogP contribution is 2.28. The van der Waals surface area contributed by atoms with Crippen LogP contribution in [0.15, 0.2) is 18.2 Å². The highest BCUT2D eigenvalue weighted by Gasteiger charge is 2.29. The molecule has 0 amide bonds. The van der Waals surface area contributed by atoms with E-state index in [0.717, 1.165) is 45.1 Å². The van der Waals surface area contributed by atoms with Crippen LogP contribution in [0.3, 0.4) is 0 Å². The first-order valence-electron chi connectivity index (χ1n) is 7.08. The Morgan fingerprint density at radius 1 is 1.25 bits per heavy atom. The summed E-state index contributed by atoms with van der Waals surface area (Å²) < 4.78 is 14.1. The minimum atomic E-state index is -0.562. The number of hydrogen-bond donors (Lipinski definition) is 0. The van der Waals surface area contributed by atoms with Crippen molar-refractivity contribution in [3.63, 3.8) is 0 Å². The van der Waals surface area contributed by atoms with Gasteiger partial charge in [-0.3, -0.25) is 15.0 Å². The van der Waals surface area contributed by atoms with Crippen LogP contribution in [0.25, 0.3) is 0 Å². The fraction of sp³-hybridized carbons (Fsp3) is 0.571. The van der Waals surface area contributed by atoms with Crippen LogP contribution >= 0.6 is 0 Å². The lowest BCUT2D eigenvalue weighted by Crippen LogP contribution is -2.36. The minimum absolute atomic E-state index is 0.191. The van der Waals surface area contributed by atoms with Crippen LogP contribution in [0.1, 0.15) is 19.3 Å². The lowest BCUT2D eigenvalue weighted by molar-refractivity contribution is -0.385. The van der Waals surface area contributed by atoms with Gasteiger partial charge in [0.1, 0.15) is 0 Å². The van der Waals surface area contributed by atoms with Crippen LogP contribution in [-0.4, -0.2) is 42.0 Å². The van der Waals surface area contributed by atoms with Gasteiger partial charge in [-0.05, 0) is 31.9 Å². The zero-order valence-corrected chi connectivity index (χ0v) is 11.3. The molecule has 1 aromatic carbocycles. The summed E-state index contributed by atoms with van der Waals surface area (Å²) in [5, 5.41) is 10.7. The van der Waals surface area contributed by atoms with Crippen LogP contribution in [-0.2, 0) is 0 Å². The molecule has 6 heteroatoms. The summed E-state index contributed by atoms with van der Waals surface area (Å²) in [6, 6.07) is 4.44. The van der Waals surface area contributed by atoms with E-state index < -0.39 is 10.7 Å². The third-order valence-electron chi connectivity index (χ3n) is 4.29. The van der Waals surface area contributed by atoms with Gasteiger partial charge in [0.25, 0.3) is 5.69 Å². The van der Waals surface area contributed by atoms with Gasteiger partial charge in [-0.25, -0.2) is 4.39 Å². The van der Waals surface area contributed by atoms with Crippen molar-refractivity contribution in [1.29, 1.82) is 0 Å². The van der Waals surface area contributed by atoms with E-state index in [4.69, 9.17) is 0 Å². The van der Waals surface area contributed by atoms with E-state index in [9.17, 15) is 14.5 Å². The molecule has 1 atom stereocenters. The third kappa shape index (κ3) is 2.47. The summed E-state index contributed by atoms with van der Waals surface area (Å²) in [4.78, 5) is 14.6. The standard InChI is InChI=1S/C14H18FN3O2/c15-13-9-11(18(19)20)4-5-14(13)17-8-2-7-16-6-1-3-12(16)10-17/h4-5,9,12H,1-3,6-8,10H2. The van der Waals surface area contributed by atoms with E-state index >= 15 is 0 Å². The summed E-state index contributed by atoms with van der Waals surface area (Å²) in [7, 11) is 0. The molecule has 2 fully saturated rings. The Morgan fingerprint density at radius 2 is 2.05 bits per heavy atom. The van der Waals surface area contributed by atoms with Crippen LogP contribution in [0, 0.1) is 15.9 Å². The lowest BCUT2D eigenvalue weighted by Gasteiger charge is -2.27. The van der Waals surface area contributed by atoms with E-state index in [0.29, 0.717) is 11.7 Å². The first-order chi connectivity index (χ1) is 9.65. The van der Waals surface area contributed by atoms with Gasteiger partial charge in [0, 0.05) is 31.7 Å². The van der Waals surface area contributed by atoms with Crippen molar-refractivity contribution in [2.45, 2.75) is 25.3 Å². The summed E-state index contributed by atoms with van der Waals surface area (Å²) in [5.74, 6) is -0.495. The maximum Gasteiger partial charge on any atom is 0.272 e. The number of benzene rings is 1. The highest BCUT2D eigenvalue weighted by atomic mass is 19.1. The van der Waals surface area contributed by atoms with Gasteiger partial charge < -0.3 is 4.90 Å². The van der Waals surface area contributed by atoms with E-state index in [-0.39, 0.29) is 5.69 Å². The van der Waals surface area contributed by atoms with Gasteiger partial charge in [0.15, 0.2) is 5.82 Å². The van der Waals surface area contributed by atoms with Gasteiger partial charge in [-0.15, -0.1) is 0 Å². The molecule has 0 spiro atoms. The van der Waals surface area contributed by atoms with Crippen LogP contribution in [0.4, 0.5) is 15.8 Å². The normalized spacial score (nSPS) is 23.4. The molecule has 0 aliphatic carbocycles. The first-order valence-corrected chi connectivity index (χ1v) is 7.08. The smallest absolute Gasteiger partial charge is 0.272 e. The predicted molar refractivity (Wildman–Crippen MR) is 74.5 cm³/mol. The molecular formula is C14H18FN3O2. The minimum Gasteiger partial charge on any atom is -0.368 e. The number of nitro groups is 1. The topological polar surface area (TPSA) is 49.6 Å². The molecule has 2 saturated heterocycles. The fourth-order valence-corrected chi connectivity index (χ4v) is 3.29. The van der Waals surface area contributed by atoms with Crippen molar-refractivity contribution >= 4 is 11.4 Å². The zero-order chi connectivity index (χ0) is 14.1. The van der Waals surface area contributed by atoms with Crippen molar-refractivity contribution in [3.05, 3.63) is 34.1 Å². The first kappa shape index (κ1) is 13.3. The molecular weight excluding hydrogens is 261 g/mol. The van der Waals surface area contributed by atoms with E-state index in [1.807, 2.05) is 4.90 Å². The monoisotopic (exact) mass is 279 g/mol. The number of nitrogens with zero attached hydrogens (tertiary/aromatic N) is 3. The Morgan fingerprint density at radius 3 is 2.80 bits per heavy atom. The molecule has 1 unspecified atom stereocenters. The van der Waals surface area contributed by atoms with Gasteiger partial charge in [0.2, 0.25) is 0 Å². The second kappa shape index (κ2) is 5.36. The van der Waals surface area contributed by atoms with Gasteiger partial charge >= 0.3 is 0 Å². The Kier molecular flexibility index (Phi) is 3.56. The lowest BCUT2D eigenvalue weighted by atomic mass is 10.2. The van der Waals surface area contributed by atoms with Gasteiger partial charge in [-0.2, -0.15) is 0 Å². The van der Waals surface area contributed by atoms with Gasteiger partial charge in [-0.1, -0.05) is 0 Å². The summed E-state index contributed by atoms with van der Waals surface area (Å²) in [5.41, 5.74) is 0.299. The van der Waals surface area contributed by atoms with Crippen molar-refractivity contribution in [2.75, 3.05) is 31.1 Å². The Bertz CT molecular complexity index is 523. The molecule has 1 aromatic rings. The predicted octanol–water partition coefficient (Wildman–Crippen LogP) is 2.41. The highest BCUT2D eigenvalue weighted by molar-refractivity contribution is 5.52. The zero-order valence-electron chi connectivity index (χ0n) is 11.3. The molecule has 2 aliphatic heterocycles. The Hall–Kier alpha value is -1.69. The summed E-state index contributed by atoms with van der Waals surface area (Å²) in [6.45, 7) is 3.83. The molecule has 2 heterocycles. The molecule has 5 nitrogen and oxygen atoms in total. The number of halogens is 1. The fourth-order valence-electron chi connectivity index (χ4n) is 3.29.